The first kappa shape index (κ1) is 15.5. The fraction of sp³-hybridized carbons (Fsp3) is 0.562. The van der Waals surface area contributed by atoms with Gasteiger partial charge >= 0.3 is 0 Å². The monoisotopic (exact) mass is 290 g/mol. The van der Waals surface area contributed by atoms with Crippen LogP contribution in [0.1, 0.15) is 55.3 Å². The van der Waals surface area contributed by atoms with E-state index >= 15 is 0 Å². The molecule has 0 atom stereocenters. The molecule has 1 saturated carbocycles. The maximum absolute atomic E-state index is 12.0. The summed E-state index contributed by atoms with van der Waals surface area (Å²) in [4.78, 5) is 22.1. The third-order valence-corrected chi connectivity index (χ3v) is 4.15. The average Bonchev–Trinajstić information content (AvgIpc) is 2.76. The molecule has 114 valence electrons. The lowest BCUT2D eigenvalue weighted by atomic mass is 9.97. The molecule has 1 amide bonds. The van der Waals surface area contributed by atoms with Crippen LogP contribution >= 0.6 is 0 Å². The molecule has 0 radical (unpaired) electrons. The molecule has 1 fully saturated rings. The fourth-order valence-electron chi connectivity index (χ4n) is 2.88. The first-order valence-electron chi connectivity index (χ1n) is 7.69. The molecule has 1 aliphatic rings. The summed E-state index contributed by atoms with van der Waals surface area (Å²) >= 11 is 0. The van der Waals surface area contributed by atoms with E-state index in [4.69, 9.17) is 0 Å². The molecule has 5 heteroatoms. The Bertz CT molecular complexity index is 477. The van der Waals surface area contributed by atoms with Crippen molar-refractivity contribution in [2.45, 2.75) is 44.9 Å². The second-order valence-corrected chi connectivity index (χ2v) is 5.71. The van der Waals surface area contributed by atoms with E-state index in [9.17, 15) is 14.9 Å². The van der Waals surface area contributed by atoms with Crippen molar-refractivity contribution in [2.24, 2.45) is 5.92 Å². The van der Waals surface area contributed by atoms with Gasteiger partial charge in [0.2, 0.25) is 0 Å². The van der Waals surface area contributed by atoms with Crippen molar-refractivity contribution >= 4 is 11.6 Å². The lowest BCUT2D eigenvalue weighted by molar-refractivity contribution is -0.384. The smallest absolute Gasteiger partial charge is 0.269 e. The molecule has 1 aromatic rings. The molecule has 0 unspecified atom stereocenters. The van der Waals surface area contributed by atoms with E-state index in [1.54, 1.807) is 0 Å². The molecule has 5 nitrogen and oxygen atoms in total. The zero-order chi connectivity index (χ0) is 15.1. The van der Waals surface area contributed by atoms with Crippen molar-refractivity contribution in [2.75, 3.05) is 6.54 Å². The number of carbonyl (C=O) groups is 1. The van der Waals surface area contributed by atoms with Crippen LogP contribution in [-0.2, 0) is 0 Å². The van der Waals surface area contributed by atoms with Gasteiger partial charge in [-0.15, -0.1) is 0 Å². The predicted octanol–water partition coefficient (Wildman–Crippen LogP) is 3.69. The largest absolute Gasteiger partial charge is 0.352 e. The molecule has 1 N–H and O–H groups in total. The van der Waals surface area contributed by atoms with Crippen LogP contribution in [0, 0.1) is 16.0 Å². The third-order valence-electron chi connectivity index (χ3n) is 4.15. The summed E-state index contributed by atoms with van der Waals surface area (Å²) in [6, 6.07) is 5.72. The SMILES string of the molecule is O=C(NCCC1CCCCCC1)c1ccc([N+](=O)[O-])cc1. The maximum atomic E-state index is 12.0. The number of non-ortho nitro benzene ring substituents is 1. The van der Waals surface area contributed by atoms with E-state index in [0.717, 1.165) is 12.3 Å². The highest BCUT2D eigenvalue weighted by molar-refractivity contribution is 5.94. The van der Waals surface area contributed by atoms with Crippen LogP contribution in [0.3, 0.4) is 0 Å². The number of nitrogens with zero attached hydrogens (tertiary/aromatic N) is 1. The number of nitrogens with one attached hydrogen (secondary N) is 1. The maximum Gasteiger partial charge on any atom is 0.269 e. The third kappa shape index (κ3) is 4.85. The molecule has 0 spiro atoms. The lowest BCUT2D eigenvalue weighted by Crippen LogP contribution is -2.25. The zero-order valence-electron chi connectivity index (χ0n) is 12.2. The Morgan fingerprint density at radius 2 is 1.76 bits per heavy atom. The van der Waals surface area contributed by atoms with Gasteiger partial charge in [-0.1, -0.05) is 38.5 Å². The van der Waals surface area contributed by atoms with Crippen LogP contribution in [0.5, 0.6) is 0 Å². The number of nitro benzene ring substituents is 1. The van der Waals surface area contributed by atoms with E-state index < -0.39 is 4.92 Å². The molecule has 0 aromatic heterocycles. The number of hydrogen-bond acceptors (Lipinski definition) is 3. The second kappa shape index (κ2) is 7.76. The van der Waals surface area contributed by atoms with Crippen molar-refractivity contribution in [1.29, 1.82) is 0 Å². The normalized spacial score (nSPS) is 16.2. The fourth-order valence-corrected chi connectivity index (χ4v) is 2.88. The quantitative estimate of drug-likeness (QED) is 0.510. The minimum absolute atomic E-state index is 0.00463. The molecule has 0 aliphatic heterocycles. The predicted molar refractivity (Wildman–Crippen MR) is 81.2 cm³/mol. The molecular formula is C16H22N2O3. The van der Waals surface area contributed by atoms with E-state index in [1.807, 2.05) is 0 Å². The minimum Gasteiger partial charge on any atom is -0.352 e. The zero-order valence-corrected chi connectivity index (χ0v) is 12.2. The summed E-state index contributed by atoms with van der Waals surface area (Å²) in [5, 5.41) is 13.5. The number of hydrogen-bond donors (Lipinski definition) is 1. The molecule has 0 saturated heterocycles. The molecule has 0 heterocycles. The van der Waals surface area contributed by atoms with Gasteiger partial charge in [0.1, 0.15) is 0 Å². The summed E-state index contributed by atoms with van der Waals surface area (Å²) in [6.07, 6.45) is 8.86. The lowest BCUT2D eigenvalue weighted by Gasteiger charge is -2.14. The van der Waals surface area contributed by atoms with E-state index in [2.05, 4.69) is 5.32 Å². The van der Waals surface area contributed by atoms with Crippen molar-refractivity contribution in [3.8, 4) is 0 Å². The Morgan fingerprint density at radius 3 is 2.33 bits per heavy atom. The summed E-state index contributed by atoms with van der Waals surface area (Å²) in [5.41, 5.74) is 0.478. The van der Waals surface area contributed by atoms with Gasteiger partial charge in [-0.25, -0.2) is 0 Å². The topological polar surface area (TPSA) is 72.2 Å². The summed E-state index contributed by atoms with van der Waals surface area (Å²) in [6.45, 7) is 0.681. The van der Waals surface area contributed by atoms with Crippen molar-refractivity contribution in [3.63, 3.8) is 0 Å². The van der Waals surface area contributed by atoms with E-state index in [0.29, 0.717) is 12.1 Å². The number of carbonyl (C=O) groups excluding carboxylic acids is 1. The van der Waals surface area contributed by atoms with Gasteiger partial charge in [-0.3, -0.25) is 14.9 Å². The summed E-state index contributed by atoms with van der Waals surface area (Å²) in [7, 11) is 0. The Morgan fingerprint density at radius 1 is 1.14 bits per heavy atom. The Balaban J connectivity index is 1.77. The summed E-state index contributed by atoms with van der Waals surface area (Å²) in [5.74, 6) is 0.572. The van der Waals surface area contributed by atoms with E-state index in [1.165, 1.54) is 62.8 Å². The van der Waals surface area contributed by atoms with Crippen LogP contribution in [0.2, 0.25) is 0 Å². The first-order valence-corrected chi connectivity index (χ1v) is 7.69. The highest BCUT2D eigenvalue weighted by atomic mass is 16.6. The number of nitro groups is 1. The van der Waals surface area contributed by atoms with Gasteiger partial charge in [-0.05, 0) is 24.5 Å². The van der Waals surface area contributed by atoms with Gasteiger partial charge in [0.25, 0.3) is 11.6 Å². The van der Waals surface area contributed by atoms with Gasteiger partial charge < -0.3 is 5.32 Å². The molecular weight excluding hydrogens is 268 g/mol. The van der Waals surface area contributed by atoms with Gasteiger partial charge in [-0.2, -0.15) is 0 Å². The van der Waals surface area contributed by atoms with Crippen LogP contribution in [0.15, 0.2) is 24.3 Å². The number of amides is 1. The van der Waals surface area contributed by atoms with Crippen molar-refractivity contribution in [3.05, 3.63) is 39.9 Å². The molecule has 2 rings (SSSR count). The van der Waals surface area contributed by atoms with Crippen molar-refractivity contribution < 1.29 is 9.72 Å². The van der Waals surface area contributed by atoms with Crippen LogP contribution in [0.4, 0.5) is 5.69 Å². The van der Waals surface area contributed by atoms with Crippen LogP contribution < -0.4 is 5.32 Å². The minimum atomic E-state index is -0.465. The second-order valence-electron chi connectivity index (χ2n) is 5.71. The standard InChI is InChI=1S/C16H22N2O3/c19-16(14-7-9-15(10-8-14)18(20)21)17-12-11-13-5-3-1-2-4-6-13/h7-10,13H,1-6,11-12H2,(H,17,19). The summed E-state index contributed by atoms with van der Waals surface area (Å²) < 4.78 is 0. The van der Waals surface area contributed by atoms with Crippen LogP contribution in [-0.4, -0.2) is 17.4 Å². The molecule has 21 heavy (non-hydrogen) atoms. The van der Waals surface area contributed by atoms with Gasteiger partial charge in [0.15, 0.2) is 0 Å². The highest BCUT2D eigenvalue weighted by Crippen LogP contribution is 2.24. The molecule has 1 aliphatic carbocycles. The number of benzene rings is 1. The van der Waals surface area contributed by atoms with Crippen LogP contribution in [0.25, 0.3) is 0 Å². The Labute approximate surface area is 124 Å². The number of rotatable bonds is 5. The van der Waals surface area contributed by atoms with Gasteiger partial charge in [0, 0.05) is 24.2 Å². The van der Waals surface area contributed by atoms with E-state index in [-0.39, 0.29) is 11.6 Å². The average molecular weight is 290 g/mol. The Kier molecular flexibility index (Phi) is 5.72. The van der Waals surface area contributed by atoms with Crippen molar-refractivity contribution in [1.82, 2.24) is 5.32 Å². The molecule has 1 aromatic carbocycles. The first-order chi connectivity index (χ1) is 10.2. The highest BCUT2D eigenvalue weighted by Gasteiger charge is 2.13. The van der Waals surface area contributed by atoms with Gasteiger partial charge in [0.05, 0.1) is 4.92 Å². The molecule has 0 bridgehead atoms. The Hall–Kier alpha value is -1.91.